The normalized spacial score (nSPS) is 13.6. The van der Waals surface area contributed by atoms with Gasteiger partial charge >= 0.3 is 0 Å². The molecule has 0 aliphatic rings. The minimum absolute atomic E-state index is 0.0724. The van der Waals surface area contributed by atoms with Gasteiger partial charge in [0.25, 0.3) is 0 Å². The third-order valence-electron chi connectivity index (χ3n) is 2.16. The van der Waals surface area contributed by atoms with E-state index >= 15 is 0 Å². The lowest BCUT2D eigenvalue weighted by atomic mass is 10.1. The monoisotopic (exact) mass is 192 g/mol. The van der Waals surface area contributed by atoms with Crippen molar-refractivity contribution < 1.29 is 8.42 Å². The van der Waals surface area contributed by atoms with Crippen LogP contribution in [0.3, 0.4) is 0 Å². The Kier molecular flexibility index (Phi) is 7.56. The van der Waals surface area contributed by atoms with E-state index in [1.165, 1.54) is 19.3 Å². The van der Waals surface area contributed by atoms with E-state index in [0.29, 0.717) is 0 Å². The van der Waals surface area contributed by atoms with Crippen LogP contribution in [0.4, 0.5) is 0 Å². The summed E-state index contributed by atoms with van der Waals surface area (Å²) in [6.07, 6.45) is 6.30. The predicted molar refractivity (Wildman–Crippen MR) is 53.2 cm³/mol. The van der Waals surface area contributed by atoms with Crippen molar-refractivity contribution in [1.82, 2.24) is 0 Å². The summed E-state index contributed by atoms with van der Waals surface area (Å²) in [5, 5.41) is -0.0724. The second kappa shape index (κ2) is 7.59. The molecule has 3 heteroatoms. The highest BCUT2D eigenvalue weighted by Gasteiger charge is 2.07. The second-order valence-electron chi connectivity index (χ2n) is 3.20. The topological polar surface area (TPSA) is 34.1 Å². The van der Waals surface area contributed by atoms with E-state index in [1.807, 2.05) is 6.92 Å². The summed E-state index contributed by atoms with van der Waals surface area (Å²) < 4.78 is 21.3. The van der Waals surface area contributed by atoms with Gasteiger partial charge in [0, 0.05) is 0 Å². The number of rotatable bonds is 7. The Morgan fingerprint density at radius 2 is 1.75 bits per heavy atom. The van der Waals surface area contributed by atoms with Gasteiger partial charge in [0.15, 0.2) is 0 Å². The standard InChI is InChI=1S/C9H20O2S/c1-3-5-6-7-8-9(4-2)12(10)11/h9,12H,3-8H2,1-2H3. The van der Waals surface area contributed by atoms with E-state index in [9.17, 15) is 8.42 Å². The van der Waals surface area contributed by atoms with Crippen LogP contribution < -0.4 is 0 Å². The number of thiol groups is 1. The summed E-state index contributed by atoms with van der Waals surface area (Å²) >= 11 is 0. The summed E-state index contributed by atoms with van der Waals surface area (Å²) in [6.45, 7) is 4.10. The highest BCUT2D eigenvalue weighted by molar-refractivity contribution is 7.73. The summed E-state index contributed by atoms with van der Waals surface area (Å²) in [7, 11) is -2.18. The highest BCUT2D eigenvalue weighted by atomic mass is 32.2. The molecular weight excluding hydrogens is 172 g/mol. The molecule has 0 bridgehead atoms. The first-order valence-corrected chi connectivity index (χ1v) is 6.10. The van der Waals surface area contributed by atoms with Crippen LogP contribution in [0, 0.1) is 0 Å². The molecule has 0 heterocycles. The Labute approximate surface area is 77.3 Å². The first-order chi connectivity index (χ1) is 5.72. The molecule has 12 heavy (non-hydrogen) atoms. The van der Waals surface area contributed by atoms with E-state index in [0.717, 1.165) is 19.3 Å². The van der Waals surface area contributed by atoms with Gasteiger partial charge in [0.2, 0.25) is 0 Å². The lowest BCUT2D eigenvalue weighted by Crippen LogP contribution is -2.07. The van der Waals surface area contributed by atoms with Gasteiger partial charge in [0.05, 0.1) is 5.25 Å². The van der Waals surface area contributed by atoms with Crippen LogP contribution in [-0.4, -0.2) is 13.7 Å². The molecule has 0 radical (unpaired) electrons. The fraction of sp³-hybridized carbons (Fsp3) is 1.00. The van der Waals surface area contributed by atoms with Crippen molar-refractivity contribution >= 4 is 10.7 Å². The van der Waals surface area contributed by atoms with Crippen LogP contribution in [0.15, 0.2) is 0 Å². The van der Waals surface area contributed by atoms with Crippen molar-refractivity contribution in [3.05, 3.63) is 0 Å². The zero-order valence-corrected chi connectivity index (χ0v) is 8.98. The SMILES string of the molecule is CCCCCCC(CC)[SH](=O)=O. The first kappa shape index (κ1) is 11.9. The smallest absolute Gasteiger partial charge is 0.142 e. The van der Waals surface area contributed by atoms with Crippen molar-refractivity contribution in [3.8, 4) is 0 Å². The zero-order valence-electron chi connectivity index (χ0n) is 8.08. The maximum absolute atomic E-state index is 10.6. The Hall–Kier alpha value is -0.0500. The Morgan fingerprint density at radius 1 is 1.08 bits per heavy atom. The van der Waals surface area contributed by atoms with E-state index < -0.39 is 10.7 Å². The van der Waals surface area contributed by atoms with Gasteiger partial charge in [0.1, 0.15) is 10.7 Å². The Balaban J connectivity index is 3.45. The van der Waals surface area contributed by atoms with Gasteiger partial charge in [-0.3, -0.25) is 0 Å². The van der Waals surface area contributed by atoms with Crippen LogP contribution >= 0.6 is 0 Å². The number of hydrogen-bond donors (Lipinski definition) is 1. The third-order valence-corrected chi connectivity index (χ3v) is 3.38. The average Bonchev–Trinajstić information content (AvgIpc) is 2.04. The van der Waals surface area contributed by atoms with Crippen molar-refractivity contribution in [3.63, 3.8) is 0 Å². The molecule has 0 aliphatic carbocycles. The van der Waals surface area contributed by atoms with Gasteiger partial charge in [-0.2, -0.15) is 0 Å². The van der Waals surface area contributed by atoms with Crippen LogP contribution in [0.2, 0.25) is 0 Å². The van der Waals surface area contributed by atoms with Crippen molar-refractivity contribution in [1.29, 1.82) is 0 Å². The fourth-order valence-electron chi connectivity index (χ4n) is 1.27. The third kappa shape index (κ3) is 5.58. The van der Waals surface area contributed by atoms with Crippen molar-refractivity contribution in [2.45, 2.75) is 57.6 Å². The molecule has 0 amide bonds. The molecule has 0 saturated heterocycles. The van der Waals surface area contributed by atoms with Gasteiger partial charge in [-0.25, -0.2) is 8.42 Å². The summed E-state index contributed by atoms with van der Waals surface area (Å²) in [4.78, 5) is 0. The summed E-state index contributed by atoms with van der Waals surface area (Å²) in [6, 6.07) is 0. The zero-order chi connectivity index (χ0) is 9.40. The van der Waals surface area contributed by atoms with Crippen LogP contribution in [-0.2, 0) is 10.7 Å². The van der Waals surface area contributed by atoms with E-state index in [2.05, 4.69) is 6.92 Å². The van der Waals surface area contributed by atoms with Crippen LogP contribution in [0.25, 0.3) is 0 Å². The minimum atomic E-state index is -2.18. The van der Waals surface area contributed by atoms with Gasteiger partial charge in [-0.15, -0.1) is 0 Å². The lowest BCUT2D eigenvalue weighted by Gasteiger charge is -2.05. The molecule has 0 N–H and O–H groups in total. The average molecular weight is 192 g/mol. The maximum atomic E-state index is 10.6. The van der Waals surface area contributed by atoms with Gasteiger partial charge in [-0.05, 0) is 12.8 Å². The molecule has 1 unspecified atom stereocenters. The molecule has 0 aromatic rings. The van der Waals surface area contributed by atoms with Crippen molar-refractivity contribution in [2.75, 3.05) is 0 Å². The quantitative estimate of drug-likeness (QED) is 0.496. The summed E-state index contributed by atoms with van der Waals surface area (Å²) in [5.74, 6) is 0. The van der Waals surface area contributed by atoms with Crippen LogP contribution in [0.5, 0.6) is 0 Å². The molecule has 74 valence electrons. The largest absolute Gasteiger partial charge is 0.232 e. The van der Waals surface area contributed by atoms with E-state index in [4.69, 9.17) is 0 Å². The van der Waals surface area contributed by atoms with Gasteiger partial charge in [-0.1, -0.05) is 39.5 Å². The first-order valence-electron chi connectivity index (χ1n) is 4.85. The molecule has 0 aromatic heterocycles. The molecule has 0 aromatic carbocycles. The van der Waals surface area contributed by atoms with Gasteiger partial charge < -0.3 is 0 Å². The van der Waals surface area contributed by atoms with E-state index in [-0.39, 0.29) is 5.25 Å². The minimum Gasteiger partial charge on any atom is -0.232 e. The Bertz CT molecular complexity index is 156. The highest BCUT2D eigenvalue weighted by Crippen LogP contribution is 2.09. The Morgan fingerprint density at radius 3 is 2.17 bits per heavy atom. The molecule has 0 fully saturated rings. The molecule has 1 atom stereocenters. The molecule has 0 aliphatic heterocycles. The molecule has 0 saturated carbocycles. The van der Waals surface area contributed by atoms with Crippen LogP contribution in [0.1, 0.15) is 52.4 Å². The fourth-order valence-corrected chi connectivity index (χ4v) is 1.96. The maximum Gasteiger partial charge on any atom is 0.142 e. The number of hydrogen-bond acceptors (Lipinski definition) is 2. The molecule has 0 spiro atoms. The molecule has 0 rings (SSSR count). The molecule has 2 nitrogen and oxygen atoms in total. The van der Waals surface area contributed by atoms with Crippen molar-refractivity contribution in [2.24, 2.45) is 0 Å². The second-order valence-corrected chi connectivity index (χ2v) is 4.50. The summed E-state index contributed by atoms with van der Waals surface area (Å²) in [5.41, 5.74) is 0. The molecular formula is C9H20O2S. The lowest BCUT2D eigenvalue weighted by molar-refractivity contribution is 0.563. The van der Waals surface area contributed by atoms with E-state index in [1.54, 1.807) is 0 Å². The predicted octanol–water partition coefficient (Wildman–Crippen LogP) is 2.35. The number of unbranched alkanes of at least 4 members (excludes halogenated alkanes) is 3.